The zero-order valence-corrected chi connectivity index (χ0v) is 29.8. The number of rotatable bonds is 5. The minimum Gasteiger partial charge on any atom is -0.453 e. The fourth-order valence-electron chi connectivity index (χ4n) is 8.49. The van der Waals surface area contributed by atoms with Gasteiger partial charge in [0.1, 0.15) is 5.75 Å². The summed E-state index contributed by atoms with van der Waals surface area (Å²) in [6.45, 7) is 4.69. The highest BCUT2D eigenvalue weighted by atomic mass is 16.5. The summed E-state index contributed by atoms with van der Waals surface area (Å²) in [5.41, 5.74) is 17.3. The molecule has 2 aliphatic rings. The molecule has 0 aromatic heterocycles. The van der Waals surface area contributed by atoms with Gasteiger partial charge in [-0.25, -0.2) is 0 Å². The number of hydrogen-bond acceptors (Lipinski definition) is 2. The number of fused-ring (bicyclic) bond motifs is 8. The fraction of sp³-hybridized carbons (Fsp3) is 0.0588. The molecule has 2 nitrogen and oxygen atoms in total. The zero-order valence-electron chi connectivity index (χ0n) is 29.8. The highest BCUT2D eigenvalue weighted by Gasteiger charge is 2.36. The van der Waals surface area contributed by atoms with Crippen LogP contribution >= 0.6 is 0 Å². The molecule has 10 rings (SSSR count). The van der Waals surface area contributed by atoms with Crippen molar-refractivity contribution in [2.75, 3.05) is 4.90 Å². The zero-order chi connectivity index (χ0) is 35.5. The lowest BCUT2D eigenvalue weighted by Gasteiger charge is -2.30. The molecule has 0 saturated carbocycles. The maximum Gasteiger partial charge on any atom is 0.159 e. The number of ether oxygens (including phenoxy) is 1. The van der Waals surface area contributed by atoms with E-state index < -0.39 is 0 Å². The summed E-state index contributed by atoms with van der Waals surface area (Å²) in [4.78, 5) is 2.39. The van der Waals surface area contributed by atoms with Crippen molar-refractivity contribution in [2.45, 2.75) is 19.3 Å². The molecule has 53 heavy (non-hydrogen) atoms. The highest BCUT2D eigenvalue weighted by molar-refractivity contribution is 5.98. The van der Waals surface area contributed by atoms with E-state index in [1.54, 1.807) is 0 Å². The predicted octanol–water partition coefficient (Wildman–Crippen LogP) is 14.2. The van der Waals surface area contributed by atoms with Gasteiger partial charge in [-0.15, -0.1) is 0 Å². The molecule has 1 aliphatic carbocycles. The second-order valence-corrected chi connectivity index (χ2v) is 14.5. The Morgan fingerprint density at radius 1 is 0.358 bits per heavy atom. The van der Waals surface area contributed by atoms with Crippen molar-refractivity contribution in [3.8, 4) is 67.1 Å². The molecular formula is C51H37NO. The van der Waals surface area contributed by atoms with Crippen LogP contribution in [0.1, 0.15) is 25.0 Å². The number of para-hydroxylation sites is 2. The lowest BCUT2D eigenvalue weighted by Crippen LogP contribution is -2.17. The standard InChI is InChI=1S/C51H37NO/c1-51(2)46-28-12-11-24-42(46)43-31-30-38(33-47(43)51)52(37-21-13-20-36(32-37)34-16-5-3-6-17-34)48-29-15-27-45-41-23-10-9-22-40(41)44-26-14-25-39(49(44)53-50(45)48)35-18-7-4-8-19-35/h3-33H,1-2H3. The lowest BCUT2D eigenvalue weighted by atomic mass is 9.82. The van der Waals surface area contributed by atoms with Crippen molar-refractivity contribution < 1.29 is 4.74 Å². The van der Waals surface area contributed by atoms with Crippen LogP contribution in [0.3, 0.4) is 0 Å². The van der Waals surface area contributed by atoms with Gasteiger partial charge in [0.25, 0.3) is 0 Å². The molecule has 0 saturated heterocycles. The van der Waals surface area contributed by atoms with Crippen LogP contribution < -0.4 is 9.64 Å². The third-order valence-corrected chi connectivity index (χ3v) is 11.1. The fourth-order valence-corrected chi connectivity index (χ4v) is 8.49. The van der Waals surface area contributed by atoms with Gasteiger partial charge in [0.2, 0.25) is 0 Å². The Morgan fingerprint density at radius 3 is 1.64 bits per heavy atom. The van der Waals surface area contributed by atoms with E-state index in [1.165, 1.54) is 27.8 Å². The first-order chi connectivity index (χ1) is 26.1. The lowest BCUT2D eigenvalue weighted by molar-refractivity contribution is 0.490. The van der Waals surface area contributed by atoms with Gasteiger partial charge < -0.3 is 9.64 Å². The van der Waals surface area contributed by atoms with Gasteiger partial charge in [-0.2, -0.15) is 0 Å². The average molecular weight is 680 g/mol. The van der Waals surface area contributed by atoms with Crippen LogP contribution in [0.15, 0.2) is 188 Å². The first kappa shape index (κ1) is 31.1. The number of anilines is 3. The molecule has 8 aromatic carbocycles. The smallest absolute Gasteiger partial charge is 0.159 e. The number of hydrogen-bond donors (Lipinski definition) is 0. The largest absolute Gasteiger partial charge is 0.453 e. The molecule has 0 spiro atoms. The Balaban J connectivity index is 1.24. The Kier molecular flexibility index (Phi) is 7.19. The third kappa shape index (κ3) is 5.02. The van der Waals surface area contributed by atoms with Crippen molar-refractivity contribution in [1.29, 1.82) is 0 Å². The Morgan fingerprint density at radius 2 is 0.887 bits per heavy atom. The molecule has 2 heteroatoms. The van der Waals surface area contributed by atoms with Gasteiger partial charge in [-0.3, -0.25) is 0 Å². The van der Waals surface area contributed by atoms with E-state index in [1.807, 2.05) is 0 Å². The summed E-state index contributed by atoms with van der Waals surface area (Å²) in [5.74, 6) is 1.69. The molecule has 0 fully saturated rings. The van der Waals surface area contributed by atoms with Gasteiger partial charge in [0, 0.05) is 33.5 Å². The normalized spacial score (nSPS) is 13.0. The van der Waals surface area contributed by atoms with E-state index in [-0.39, 0.29) is 5.41 Å². The second kappa shape index (κ2) is 12.3. The van der Waals surface area contributed by atoms with Crippen molar-refractivity contribution in [2.24, 2.45) is 0 Å². The van der Waals surface area contributed by atoms with Gasteiger partial charge in [0.05, 0.1) is 5.69 Å². The minimum atomic E-state index is -0.147. The molecule has 8 aromatic rings. The van der Waals surface area contributed by atoms with Gasteiger partial charge in [-0.05, 0) is 80.4 Å². The maximum absolute atomic E-state index is 7.38. The Labute approximate surface area is 311 Å². The van der Waals surface area contributed by atoms with Gasteiger partial charge >= 0.3 is 0 Å². The summed E-state index contributed by atoms with van der Waals surface area (Å²) in [7, 11) is 0. The summed E-state index contributed by atoms with van der Waals surface area (Å²) in [6, 6.07) is 67.7. The van der Waals surface area contributed by atoms with Crippen LogP contribution in [0.2, 0.25) is 0 Å². The van der Waals surface area contributed by atoms with E-state index in [0.717, 1.165) is 67.5 Å². The summed E-state index contributed by atoms with van der Waals surface area (Å²) < 4.78 is 7.38. The number of benzene rings is 8. The molecule has 0 radical (unpaired) electrons. The van der Waals surface area contributed by atoms with E-state index in [2.05, 4.69) is 207 Å². The van der Waals surface area contributed by atoms with Gasteiger partial charge in [-0.1, -0.05) is 172 Å². The van der Waals surface area contributed by atoms with Crippen LogP contribution in [0.5, 0.6) is 11.5 Å². The van der Waals surface area contributed by atoms with Crippen LogP contribution in [0.25, 0.3) is 55.6 Å². The second-order valence-electron chi connectivity index (χ2n) is 14.5. The molecule has 0 unspecified atom stereocenters. The predicted molar refractivity (Wildman–Crippen MR) is 221 cm³/mol. The molecular weight excluding hydrogens is 643 g/mol. The van der Waals surface area contributed by atoms with Crippen LogP contribution in [-0.2, 0) is 5.41 Å². The van der Waals surface area contributed by atoms with Gasteiger partial charge in [0.15, 0.2) is 5.75 Å². The van der Waals surface area contributed by atoms with E-state index in [9.17, 15) is 0 Å². The third-order valence-electron chi connectivity index (χ3n) is 11.1. The average Bonchev–Trinajstić information content (AvgIpc) is 3.34. The van der Waals surface area contributed by atoms with Crippen molar-refractivity contribution >= 4 is 17.1 Å². The monoisotopic (exact) mass is 679 g/mol. The molecule has 0 amide bonds. The van der Waals surface area contributed by atoms with Crippen LogP contribution in [-0.4, -0.2) is 0 Å². The van der Waals surface area contributed by atoms with Crippen molar-refractivity contribution in [3.63, 3.8) is 0 Å². The quantitative estimate of drug-likeness (QED) is 0.180. The maximum atomic E-state index is 7.38. The van der Waals surface area contributed by atoms with E-state index >= 15 is 0 Å². The molecule has 1 heterocycles. The first-order valence-corrected chi connectivity index (χ1v) is 18.4. The van der Waals surface area contributed by atoms with Crippen LogP contribution in [0.4, 0.5) is 17.1 Å². The molecule has 252 valence electrons. The summed E-state index contributed by atoms with van der Waals surface area (Å²) in [5, 5.41) is 0. The summed E-state index contributed by atoms with van der Waals surface area (Å²) >= 11 is 0. The molecule has 0 bridgehead atoms. The van der Waals surface area contributed by atoms with Crippen molar-refractivity contribution in [1.82, 2.24) is 0 Å². The van der Waals surface area contributed by atoms with Crippen molar-refractivity contribution in [3.05, 3.63) is 199 Å². The molecule has 1 aliphatic heterocycles. The Hall–Kier alpha value is -6.64. The minimum absolute atomic E-state index is 0.147. The topological polar surface area (TPSA) is 12.5 Å². The van der Waals surface area contributed by atoms with E-state index in [0.29, 0.717) is 0 Å². The molecule has 0 atom stereocenters. The van der Waals surface area contributed by atoms with Crippen LogP contribution in [0, 0.1) is 0 Å². The number of nitrogens with zero attached hydrogens (tertiary/aromatic N) is 1. The first-order valence-electron chi connectivity index (χ1n) is 18.4. The SMILES string of the molecule is CC1(C)c2ccccc2-c2ccc(N(c3cccc(-c4ccccc4)c3)c3cccc4c3Oc3c(-c5ccccc5)cccc3-c3ccccc3-4)cc21. The summed E-state index contributed by atoms with van der Waals surface area (Å²) in [6.07, 6.45) is 0. The Bertz CT molecular complexity index is 2670. The molecule has 0 N–H and O–H groups in total. The highest BCUT2D eigenvalue weighted by Crippen LogP contribution is 2.56. The van der Waals surface area contributed by atoms with E-state index in [4.69, 9.17) is 4.74 Å².